The van der Waals surface area contributed by atoms with Gasteiger partial charge in [0.05, 0.1) is 27.7 Å². The third kappa shape index (κ3) is 27.2. The van der Waals surface area contributed by atoms with E-state index in [-0.39, 0.29) is 25.6 Å². The van der Waals surface area contributed by atoms with E-state index in [2.05, 4.69) is 13.8 Å². The molecule has 0 aromatic heterocycles. The maximum atomic E-state index is 12.4. The molecule has 0 aromatic carbocycles. The minimum absolute atomic E-state index is 0.0355. The Balaban J connectivity index is 4.54. The highest BCUT2D eigenvalue weighted by atomic mass is 31.2. The summed E-state index contributed by atoms with van der Waals surface area (Å²) in [6.45, 7) is 4.32. The zero-order valence-electron chi connectivity index (χ0n) is 26.3. The predicted molar refractivity (Wildman–Crippen MR) is 160 cm³/mol. The number of carbonyl (C=O) groups excluding carboxylic acids is 2. The number of ether oxygens (including phenoxy) is 2. The monoisotopic (exact) mass is 594 g/mol. The fourth-order valence-corrected chi connectivity index (χ4v) is 4.81. The van der Waals surface area contributed by atoms with Crippen molar-refractivity contribution in [2.75, 3.05) is 47.5 Å². The Bertz CT molecular complexity index is 683. The number of rotatable bonds is 28. The second-order valence-electron chi connectivity index (χ2n) is 11.9. The standard InChI is InChI=1S/C30H60NO8P/c1-6-8-10-12-14-16-18-20-22-29(32)36-26-28(27-38-40(34,35)37-25-24-31(3,4)5)39-30(33)23-21-19-17-15-13-11-9-7-2/h28H,6-27H2,1-5H3/p+1/t28-/m1/s1. The lowest BCUT2D eigenvalue weighted by atomic mass is 10.1. The zero-order chi connectivity index (χ0) is 30.1. The molecule has 0 radical (unpaired) electrons. The Kier molecular flexibility index (Phi) is 24.0. The lowest BCUT2D eigenvalue weighted by molar-refractivity contribution is -0.870. The largest absolute Gasteiger partial charge is 0.472 e. The molecule has 0 aromatic rings. The fourth-order valence-electron chi connectivity index (χ4n) is 4.07. The van der Waals surface area contributed by atoms with Crippen molar-refractivity contribution in [3.8, 4) is 0 Å². The van der Waals surface area contributed by atoms with Crippen LogP contribution in [0.5, 0.6) is 0 Å². The summed E-state index contributed by atoms with van der Waals surface area (Å²) in [6.07, 6.45) is 17.4. The Morgan fingerprint density at radius 3 is 1.60 bits per heavy atom. The number of nitrogens with zero attached hydrogens (tertiary/aromatic N) is 1. The zero-order valence-corrected chi connectivity index (χ0v) is 27.2. The summed E-state index contributed by atoms with van der Waals surface area (Å²) in [5.74, 6) is -0.807. The molecule has 0 aliphatic rings. The minimum Gasteiger partial charge on any atom is -0.462 e. The molecule has 40 heavy (non-hydrogen) atoms. The average molecular weight is 595 g/mol. The summed E-state index contributed by atoms with van der Waals surface area (Å²) in [5.41, 5.74) is 0. The van der Waals surface area contributed by atoms with Gasteiger partial charge in [0.25, 0.3) is 0 Å². The van der Waals surface area contributed by atoms with Crippen LogP contribution in [-0.4, -0.2) is 74.9 Å². The number of carbonyl (C=O) groups is 2. The van der Waals surface area contributed by atoms with Gasteiger partial charge in [-0.2, -0.15) is 0 Å². The van der Waals surface area contributed by atoms with Gasteiger partial charge >= 0.3 is 19.8 Å². The number of phosphoric ester groups is 1. The van der Waals surface area contributed by atoms with Gasteiger partial charge in [0.1, 0.15) is 19.8 Å². The molecule has 0 aliphatic heterocycles. The lowest BCUT2D eigenvalue weighted by Gasteiger charge is -2.24. The number of unbranched alkanes of at least 4 members (excludes halogenated alkanes) is 14. The summed E-state index contributed by atoms with van der Waals surface area (Å²) in [6, 6.07) is 0. The highest BCUT2D eigenvalue weighted by molar-refractivity contribution is 7.47. The summed E-state index contributed by atoms with van der Waals surface area (Å²) in [4.78, 5) is 34.7. The molecule has 238 valence electrons. The molecular weight excluding hydrogens is 533 g/mol. The molecule has 0 bridgehead atoms. The lowest BCUT2D eigenvalue weighted by Crippen LogP contribution is -2.37. The Morgan fingerprint density at radius 1 is 0.675 bits per heavy atom. The Hall–Kier alpha value is -0.990. The van der Waals surface area contributed by atoms with Crippen LogP contribution in [0.3, 0.4) is 0 Å². The summed E-state index contributed by atoms with van der Waals surface area (Å²) >= 11 is 0. The average Bonchev–Trinajstić information content (AvgIpc) is 2.88. The Morgan fingerprint density at radius 2 is 1.12 bits per heavy atom. The van der Waals surface area contributed by atoms with Crippen molar-refractivity contribution in [2.45, 2.75) is 136 Å². The second kappa shape index (κ2) is 24.6. The molecule has 2 atom stereocenters. The smallest absolute Gasteiger partial charge is 0.462 e. The number of likely N-dealkylation sites (N-methyl/N-ethyl adjacent to an activating group) is 1. The first kappa shape index (κ1) is 39.0. The van der Waals surface area contributed by atoms with Crippen LogP contribution in [0, 0.1) is 0 Å². The summed E-state index contributed by atoms with van der Waals surface area (Å²) in [5, 5.41) is 0. The van der Waals surface area contributed by atoms with Crippen LogP contribution in [0.15, 0.2) is 0 Å². The van der Waals surface area contributed by atoms with Crippen molar-refractivity contribution >= 4 is 19.8 Å². The van der Waals surface area contributed by atoms with Crippen LogP contribution in [0.2, 0.25) is 0 Å². The van der Waals surface area contributed by atoms with Gasteiger partial charge in [-0.05, 0) is 12.8 Å². The number of quaternary nitrogens is 1. The van der Waals surface area contributed by atoms with Crippen molar-refractivity contribution in [3.05, 3.63) is 0 Å². The number of phosphoric acid groups is 1. The summed E-state index contributed by atoms with van der Waals surface area (Å²) < 4.78 is 33.8. The van der Waals surface area contributed by atoms with Gasteiger partial charge in [-0.1, -0.05) is 104 Å². The van der Waals surface area contributed by atoms with Crippen molar-refractivity contribution in [1.82, 2.24) is 0 Å². The van der Waals surface area contributed by atoms with E-state index in [4.69, 9.17) is 18.5 Å². The van der Waals surface area contributed by atoms with E-state index in [9.17, 15) is 19.0 Å². The highest BCUT2D eigenvalue weighted by Crippen LogP contribution is 2.43. The molecule has 10 heteroatoms. The van der Waals surface area contributed by atoms with Crippen molar-refractivity contribution < 1.29 is 42.1 Å². The van der Waals surface area contributed by atoms with Gasteiger partial charge in [-0.15, -0.1) is 0 Å². The van der Waals surface area contributed by atoms with Crippen LogP contribution in [-0.2, 0) is 32.7 Å². The maximum absolute atomic E-state index is 12.4. The van der Waals surface area contributed by atoms with E-state index in [0.717, 1.165) is 32.1 Å². The van der Waals surface area contributed by atoms with E-state index < -0.39 is 26.5 Å². The molecule has 0 amide bonds. The normalized spacial score (nSPS) is 14.1. The van der Waals surface area contributed by atoms with Gasteiger partial charge in [0, 0.05) is 12.8 Å². The van der Waals surface area contributed by atoms with Crippen LogP contribution < -0.4 is 0 Å². The van der Waals surface area contributed by atoms with Crippen LogP contribution in [0.4, 0.5) is 0 Å². The van der Waals surface area contributed by atoms with Crippen molar-refractivity contribution in [3.63, 3.8) is 0 Å². The van der Waals surface area contributed by atoms with Crippen LogP contribution in [0.1, 0.15) is 129 Å². The van der Waals surface area contributed by atoms with Crippen molar-refractivity contribution in [2.24, 2.45) is 0 Å². The topological polar surface area (TPSA) is 108 Å². The molecule has 0 saturated carbocycles. The predicted octanol–water partition coefficient (Wildman–Crippen LogP) is 7.34. The van der Waals surface area contributed by atoms with Crippen molar-refractivity contribution in [1.29, 1.82) is 0 Å². The van der Waals surface area contributed by atoms with E-state index in [0.29, 0.717) is 23.9 Å². The van der Waals surface area contributed by atoms with Gasteiger partial charge in [0.15, 0.2) is 6.10 Å². The molecule has 0 rings (SSSR count). The number of hydrogen-bond acceptors (Lipinski definition) is 7. The first-order chi connectivity index (χ1) is 19.0. The molecule has 0 heterocycles. The van der Waals surface area contributed by atoms with E-state index in [1.807, 2.05) is 21.1 Å². The number of esters is 2. The SMILES string of the molecule is CCCCCCCCCCC(=O)OC[C@H](COP(=O)(O)OCC[N+](C)(C)C)OC(=O)CCCCCCCCCC. The highest BCUT2D eigenvalue weighted by Gasteiger charge is 2.27. The minimum atomic E-state index is -4.34. The van der Waals surface area contributed by atoms with Gasteiger partial charge in [-0.3, -0.25) is 18.6 Å². The molecule has 0 fully saturated rings. The molecule has 0 aliphatic carbocycles. The third-order valence-corrected chi connectivity index (χ3v) is 7.62. The molecule has 1 N–H and O–H groups in total. The third-order valence-electron chi connectivity index (χ3n) is 6.64. The fraction of sp³-hybridized carbons (Fsp3) is 0.933. The van der Waals surface area contributed by atoms with E-state index in [1.165, 1.54) is 64.2 Å². The van der Waals surface area contributed by atoms with Gasteiger partial charge < -0.3 is 18.9 Å². The molecule has 9 nitrogen and oxygen atoms in total. The number of hydrogen-bond donors (Lipinski definition) is 1. The molecule has 0 spiro atoms. The van der Waals surface area contributed by atoms with Crippen LogP contribution in [0.25, 0.3) is 0 Å². The van der Waals surface area contributed by atoms with Crippen LogP contribution >= 0.6 is 7.82 Å². The summed E-state index contributed by atoms with van der Waals surface area (Å²) in [7, 11) is 1.48. The molecular formula is C30H61NO8P+. The van der Waals surface area contributed by atoms with E-state index >= 15 is 0 Å². The Labute approximate surface area is 244 Å². The van der Waals surface area contributed by atoms with Gasteiger partial charge in [0.2, 0.25) is 0 Å². The maximum Gasteiger partial charge on any atom is 0.472 e. The van der Waals surface area contributed by atoms with E-state index in [1.54, 1.807) is 0 Å². The van der Waals surface area contributed by atoms with Gasteiger partial charge in [-0.25, -0.2) is 4.57 Å². The quantitative estimate of drug-likeness (QED) is 0.0434. The second-order valence-corrected chi connectivity index (χ2v) is 13.3. The molecule has 1 unspecified atom stereocenters. The molecule has 0 saturated heterocycles. The first-order valence-corrected chi connectivity index (χ1v) is 17.3. The first-order valence-electron chi connectivity index (χ1n) is 15.8.